The predicted octanol–water partition coefficient (Wildman–Crippen LogP) is 3.71. The number of amides is 1. The summed E-state index contributed by atoms with van der Waals surface area (Å²) in [6.45, 7) is 3.07. The Labute approximate surface area is 205 Å². The first kappa shape index (κ1) is 24.7. The second-order valence-electron chi connectivity index (χ2n) is 8.11. The largest absolute Gasteiger partial charge is 0.495 e. The lowest BCUT2D eigenvalue weighted by Gasteiger charge is -2.26. The van der Waals surface area contributed by atoms with Crippen molar-refractivity contribution in [2.75, 3.05) is 45.3 Å². The number of nitrogens with one attached hydrogen (secondary N) is 1. The van der Waals surface area contributed by atoms with Crippen LogP contribution in [0, 0.1) is 6.92 Å². The predicted molar refractivity (Wildman–Crippen MR) is 133 cm³/mol. The summed E-state index contributed by atoms with van der Waals surface area (Å²) in [5, 5.41) is 2.69. The molecular formula is C26H28N2O6S. The summed E-state index contributed by atoms with van der Waals surface area (Å²) in [7, 11) is -2.26. The molecule has 0 radical (unpaired) electrons. The molecule has 184 valence electrons. The molecule has 1 saturated heterocycles. The normalized spacial score (nSPS) is 14.3. The fourth-order valence-corrected chi connectivity index (χ4v) is 5.14. The van der Waals surface area contributed by atoms with Gasteiger partial charge in [-0.15, -0.1) is 0 Å². The number of nitrogens with zero attached hydrogens (tertiary/aromatic N) is 1. The lowest BCUT2D eigenvalue weighted by Crippen LogP contribution is -2.40. The van der Waals surface area contributed by atoms with Crippen molar-refractivity contribution in [2.24, 2.45) is 0 Å². The highest BCUT2D eigenvalue weighted by molar-refractivity contribution is 7.89. The first-order valence-corrected chi connectivity index (χ1v) is 12.7. The molecule has 8 nitrogen and oxygen atoms in total. The highest BCUT2D eigenvalue weighted by Crippen LogP contribution is 2.29. The quantitative estimate of drug-likeness (QED) is 0.511. The van der Waals surface area contributed by atoms with Crippen LogP contribution in [0.15, 0.2) is 71.6 Å². The van der Waals surface area contributed by atoms with Gasteiger partial charge in [0.15, 0.2) is 6.61 Å². The third kappa shape index (κ3) is 6.00. The van der Waals surface area contributed by atoms with Crippen molar-refractivity contribution in [2.45, 2.75) is 11.8 Å². The number of benzene rings is 3. The van der Waals surface area contributed by atoms with E-state index in [9.17, 15) is 13.2 Å². The zero-order valence-corrected chi connectivity index (χ0v) is 20.5. The maximum atomic E-state index is 13.0. The molecule has 1 N–H and O–H groups in total. The second kappa shape index (κ2) is 10.9. The molecule has 1 amide bonds. The standard InChI is InChI=1S/C26H28N2O6S/c1-19-3-5-20(6-4-19)21-7-9-22(10-8-21)34-18-26(29)27-24-17-23(11-12-25(24)32-2)35(30,31)28-13-15-33-16-14-28/h3-12,17H,13-16,18H2,1-2H3,(H,27,29). The SMILES string of the molecule is COc1ccc(S(=O)(=O)N2CCOCC2)cc1NC(=O)COc1ccc(-c2ccc(C)cc2)cc1. The Hall–Kier alpha value is -3.40. The average molecular weight is 497 g/mol. The highest BCUT2D eigenvalue weighted by Gasteiger charge is 2.27. The summed E-state index contributed by atoms with van der Waals surface area (Å²) in [4.78, 5) is 12.6. The average Bonchev–Trinajstić information content (AvgIpc) is 2.89. The molecule has 0 aliphatic carbocycles. The van der Waals surface area contributed by atoms with Crippen molar-refractivity contribution < 1.29 is 27.4 Å². The van der Waals surface area contributed by atoms with Crippen LogP contribution in [0.5, 0.6) is 11.5 Å². The van der Waals surface area contributed by atoms with Gasteiger partial charge in [-0.2, -0.15) is 4.31 Å². The molecule has 35 heavy (non-hydrogen) atoms. The van der Waals surface area contributed by atoms with Gasteiger partial charge in [0.1, 0.15) is 11.5 Å². The number of hydrogen-bond acceptors (Lipinski definition) is 6. The van der Waals surface area contributed by atoms with Gasteiger partial charge < -0.3 is 19.5 Å². The minimum atomic E-state index is -3.71. The van der Waals surface area contributed by atoms with Gasteiger partial charge in [0, 0.05) is 13.1 Å². The fourth-order valence-electron chi connectivity index (χ4n) is 3.71. The second-order valence-corrected chi connectivity index (χ2v) is 10.0. The van der Waals surface area contributed by atoms with Crippen molar-refractivity contribution in [1.82, 2.24) is 4.31 Å². The number of anilines is 1. The van der Waals surface area contributed by atoms with Crippen molar-refractivity contribution >= 4 is 21.6 Å². The van der Waals surface area contributed by atoms with Crippen LogP contribution < -0.4 is 14.8 Å². The Kier molecular flexibility index (Phi) is 7.70. The maximum Gasteiger partial charge on any atom is 0.262 e. The topological polar surface area (TPSA) is 94.2 Å². The van der Waals surface area contributed by atoms with Crippen LogP contribution in [-0.4, -0.2) is 58.7 Å². The van der Waals surface area contributed by atoms with Crippen molar-refractivity contribution in [3.8, 4) is 22.6 Å². The zero-order valence-electron chi connectivity index (χ0n) is 19.7. The summed E-state index contributed by atoms with van der Waals surface area (Å²) in [6, 6.07) is 20.1. The van der Waals surface area contributed by atoms with Gasteiger partial charge in [0.05, 0.1) is 30.9 Å². The van der Waals surface area contributed by atoms with Crippen LogP contribution in [0.25, 0.3) is 11.1 Å². The Morgan fingerprint density at radius 3 is 2.23 bits per heavy atom. The van der Waals surface area contributed by atoms with Crippen LogP contribution in [0.3, 0.4) is 0 Å². The van der Waals surface area contributed by atoms with E-state index < -0.39 is 15.9 Å². The summed E-state index contributed by atoms with van der Waals surface area (Å²) in [5.41, 5.74) is 3.59. The van der Waals surface area contributed by atoms with Gasteiger partial charge in [-0.3, -0.25) is 4.79 Å². The molecule has 1 aliphatic heterocycles. The Morgan fingerprint density at radius 1 is 0.971 bits per heavy atom. The first-order chi connectivity index (χ1) is 16.9. The van der Waals surface area contributed by atoms with Crippen LogP contribution in [0.2, 0.25) is 0 Å². The molecule has 4 rings (SSSR count). The summed E-state index contributed by atoms with van der Waals surface area (Å²) >= 11 is 0. The molecule has 0 atom stereocenters. The summed E-state index contributed by atoms with van der Waals surface area (Å²) < 4.78 is 43.5. The number of hydrogen-bond donors (Lipinski definition) is 1. The molecule has 1 aliphatic rings. The molecular weight excluding hydrogens is 468 g/mol. The monoisotopic (exact) mass is 496 g/mol. The highest BCUT2D eigenvalue weighted by atomic mass is 32.2. The molecule has 0 bridgehead atoms. The van der Waals surface area contributed by atoms with Crippen molar-refractivity contribution in [3.63, 3.8) is 0 Å². The third-order valence-electron chi connectivity index (χ3n) is 5.66. The van der Waals surface area contributed by atoms with Crippen molar-refractivity contribution in [3.05, 3.63) is 72.3 Å². The van der Waals surface area contributed by atoms with Gasteiger partial charge in [0.25, 0.3) is 5.91 Å². The number of methoxy groups -OCH3 is 1. The Bertz CT molecular complexity index is 1270. The van der Waals surface area contributed by atoms with E-state index >= 15 is 0 Å². The van der Waals surface area contributed by atoms with Gasteiger partial charge in [-0.05, 0) is 48.4 Å². The molecule has 0 saturated carbocycles. The van der Waals surface area contributed by atoms with E-state index in [-0.39, 0.29) is 30.3 Å². The lowest BCUT2D eigenvalue weighted by molar-refractivity contribution is -0.118. The maximum absolute atomic E-state index is 13.0. The molecule has 1 fully saturated rings. The third-order valence-corrected chi connectivity index (χ3v) is 7.56. The first-order valence-electron chi connectivity index (χ1n) is 11.2. The minimum Gasteiger partial charge on any atom is -0.495 e. The van der Waals surface area contributed by atoms with E-state index in [2.05, 4.69) is 29.6 Å². The van der Waals surface area contributed by atoms with E-state index in [0.29, 0.717) is 24.7 Å². The van der Waals surface area contributed by atoms with Gasteiger partial charge in [-0.25, -0.2) is 8.42 Å². The number of morpholine rings is 1. The van der Waals surface area contributed by atoms with Crippen LogP contribution in [0.1, 0.15) is 5.56 Å². The van der Waals surface area contributed by atoms with Crippen LogP contribution in [0.4, 0.5) is 5.69 Å². The number of carbonyl (C=O) groups excluding carboxylic acids is 1. The smallest absolute Gasteiger partial charge is 0.262 e. The van der Waals surface area contributed by atoms with E-state index in [0.717, 1.165) is 11.1 Å². The van der Waals surface area contributed by atoms with Crippen LogP contribution in [-0.2, 0) is 19.6 Å². The molecule has 3 aromatic rings. The van der Waals surface area contributed by atoms with E-state index in [4.69, 9.17) is 14.2 Å². The molecule has 3 aromatic carbocycles. The number of aryl methyl sites for hydroxylation is 1. The van der Waals surface area contributed by atoms with E-state index in [1.165, 1.54) is 35.2 Å². The molecule has 1 heterocycles. The van der Waals surface area contributed by atoms with Gasteiger partial charge in [-0.1, -0.05) is 42.0 Å². The van der Waals surface area contributed by atoms with E-state index in [1.807, 2.05) is 19.1 Å². The number of rotatable bonds is 8. The molecule has 9 heteroatoms. The summed E-state index contributed by atoms with van der Waals surface area (Å²) in [6.07, 6.45) is 0. The Balaban J connectivity index is 1.41. The fraction of sp³-hybridized carbons (Fsp3) is 0.269. The van der Waals surface area contributed by atoms with Crippen LogP contribution >= 0.6 is 0 Å². The zero-order chi connectivity index (χ0) is 24.8. The summed E-state index contributed by atoms with van der Waals surface area (Å²) in [5.74, 6) is 0.459. The van der Waals surface area contributed by atoms with Crippen molar-refractivity contribution in [1.29, 1.82) is 0 Å². The number of carbonyl (C=O) groups is 1. The lowest BCUT2D eigenvalue weighted by atomic mass is 10.0. The molecule has 0 aromatic heterocycles. The van der Waals surface area contributed by atoms with Gasteiger partial charge in [0.2, 0.25) is 10.0 Å². The Morgan fingerprint density at radius 2 is 1.60 bits per heavy atom. The minimum absolute atomic E-state index is 0.0723. The molecule has 0 unspecified atom stereocenters. The number of ether oxygens (including phenoxy) is 3. The van der Waals surface area contributed by atoms with E-state index in [1.54, 1.807) is 12.1 Å². The number of sulfonamides is 1. The molecule has 0 spiro atoms. The van der Waals surface area contributed by atoms with Gasteiger partial charge >= 0.3 is 0 Å².